The molecule has 1 aliphatic rings. The molecule has 2 aromatic heterocycles. The van der Waals surface area contributed by atoms with E-state index in [1.54, 1.807) is 12.4 Å². The van der Waals surface area contributed by atoms with Crippen molar-refractivity contribution in [2.75, 3.05) is 5.32 Å². The predicted molar refractivity (Wildman–Crippen MR) is 112 cm³/mol. The summed E-state index contributed by atoms with van der Waals surface area (Å²) in [6.45, 7) is 12.0. The average Bonchev–Trinajstić information content (AvgIpc) is 3.20. The van der Waals surface area contributed by atoms with Crippen molar-refractivity contribution in [1.82, 2.24) is 25.3 Å². The Morgan fingerprint density at radius 3 is 2.55 bits per heavy atom. The maximum Gasteiger partial charge on any atom is 0.407 e. The van der Waals surface area contributed by atoms with E-state index in [1.807, 2.05) is 31.5 Å². The summed E-state index contributed by atoms with van der Waals surface area (Å²) < 4.78 is 7.40. The highest BCUT2D eigenvalue weighted by Crippen LogP contribution is 2.36. The van der Waals surface area contributed by atoms with Crippen molar-refractivity contribution in [3.05, 3.63) is 30.2 Å². The van der Waals surface area contributed by atoms with Gasteiger partial charge >= 0.3 is 6.09 Å². The van der Waals surface area contributed by atoms with E-state index in [0.717, 1.165) is 36.5 Å². The third kappa shape index (κ3) is 5.68. The second-order valence-electron chi connectivity index (χ2n) is 9.65. The summed E-state index contributed by atoms with van der Waals surface area (Å²) in [6.07, 6.45) is 5.76. The van der Waals surface area contributed by atoms with Crippen LogP contribution >= 0.6 is 0 Å². The number of anilines is 2. The number of hydrogen-bond acceptors (Lipinski definition) is 6. The van der Waals surface area contributed by atoms with Crippen LogP contribution in [0.5, 0.6) is 0 Å². The lowest BCUT2D eigenvalue weighted by Gasteiger charge is -2.22. The molecular weight excluding hydrogens is 368 g/mol. The van der Waals surface area contributed by atoms with Crippen molar-refractivity contribution in [1.29, 1.82) is 0 Å². The van der Waals surface area contributed by atoms with Crippen molar-refractivity contribution in [3.8, 4) is 0 Å². The summed E-state index contributed by atoms with van der Waals surface area (Å²) in [5, 5.41) is 19.1. The third-order valence-electron chi connectivity index (χ3n) is 4.79. The fourth-order valence-electron chi connectivity index (χ4n) is 3.57. The molecule has 0 spiro atoms. The van der Waals surface area contributed by atoms with E-state index in [2.05, 4.69) is 47.7 Å². The Morgan fingerprint density at radius 2 is 1.93 bits per heavy atom. The zero-order valence-electron chi connectivity index (χ0n) is 18.2. The van der Waals surface area contributed by atoms with E-state index in [0.29, 0.717) is 5.92 Å². The summed E-state index contributed by atoms with van der Waals surface area (Å²) in [6, 6.07) is 4.09. The molecule has 0 bridgehead atoms. The monoisotopic (exact) mass is 400 g/mol. The van der Waals surface area contributed by atoms with Gasteiger partial charge in [-0.05, 0) is 66.9 Å². The van der Waals surface area contributed by atoms with Crippen molar-refractivity contribution in [2.24, 2.45) is 0 Å². The number of amides is 1. The zero-order valence-corrected chi connectivity index (χ0v) is 18.2. The van der Waals surface area contributed by atoms with Crippen LogP contribution in [0.2, 0.25) is 0 Å². The maximum atomic E-state index is 12.1. The molecule has 3 rings (SSSR count). The Labute approximate surface area is 172 Å². The number of carbonyl (C=O) groups excluding carboxylic acids is 1. The molecule has 0 saturated heterocycles. The molecule has 8 heteroatoms. The lowest BCUT2D eigenvalue weighted by Crippen LogP contribution is -2.37. The van der Waals surface area contributed by atoms with Gasteiger partial charge in [0.2, 0.25) is 0 Å². The van der Waals surface area contributed by atoms with Crippen LogP contribution in [0.4, 0.5) is 16.3 Å². The highest BCUT2D eigenvalue weighted by molar-refractivity contribution is 5.68. The first kappa shape index (κ1) is 21.1. The van der Waals surface area contributed by atoms with Gasteiger partial charge < -0.3 is 15.4 Å². The first-order valence-corrected chi connectivity index (χ1v) is 10.1. The molecule has 1 amide bonds. The van der Waals surface area contributed by atoms with Gasteiger partial charge in [-0.2, -0.15) is 15.3 Å². The molecule has 1 fully saturated rings. The summed E-state index contributed by atoms with van der Waals surface area (Å²) in [7, 11) is 0. The molecule has 0 aromatic carbocycles. The van der Waals surface area contributed by atoms with E-state index in [9.17, 15) is 4.79 Å². The third-order valence-corrected chi connectivity index (χ3v) is 4.79. The number of nitrogens with zero attached hydrogens (tertiary/aromatic N) is 4. The summed E-state index contributed by atoms with van der Waals surface area (Å²) in [4.78, 5) is 12.1. The molecule has 2 atom stereocenters. The van der Waals surface area contributed by atoms with E-state index in [-0.39, 0.29) is 17.7 Å². The molecule has 1 aliphatic carbocycles. The van der Waals surface area contributed by atoms with Gasteiger partial charge in [-0.25, -0.2) is 9.48 Å². The fourth-order valence-corrected chi connectivity index (χ4v) is 3.57. The number of ether oxygens (including phenoxy) is 1. The number of aromatic nitrogens is 4. The fraction of sp³-hybridized carbons (Fsp3) is 0.619. The normalized spacial score (nSPS) is 19.8. The first-order chi connectivity index (χ1) is 13.5. The van der Waals surface area contributed by atoms with Crippen LogP contribution in [0.3, 0.4) is 0 Å². The van der Waals surface area contributed by atoms with Gasteiger partial charge in [0.15, 0.2) is 0 Å². The number of alkyl carbamates (subject to hydrolysis) is 1. The van der Waals surface area contributed by atoms with Gasteiger partial charge in [0.1, 0.15) is 11.4 Å². The molecule has 8 nitrogen and oxygen atoms in total. The minimum absolute atomic E-state index is 0.107. The predicted octanol–water partition coefficient (Wildman–Crippen LogP) is 4.33. The van der Waals surface area contributed by atoms with Crippen LogP contribution in [0.15, 0.2) is 24.5 Å². The Morgan fingerprint density at radius 1 is 1.17 bits per heavy atom. The second-order valence-corrected chi connectivity index (χ2v) is 9.65. The molecule has 2 heterocycles. The molecule has 1 saturated carbocycles. The smallest absolute Gasteiger partial charge is 0.407 e. The summed E-state index contributed by atoms with van der Waals surface area (Å²) >= 11 is 0. The quantitative estimate of drug-likeness (QED) is 0.793. The Balaban J connectivity index is 1.72. The lowest BCUT2D eigenvalue weighted by atomic mass is 10.0. The van der Waals surface area contributed by atoms with Gasteiger partial charge in [-0.15, -0.1) is 0 Å². The number of rotatable bonds is 4. The van der Waals surface area contributed by atoms with Gasteiger partial charge in [-0.3, -0.25) is 0 Å². The molecule has 0 radical (unpaired) electrons. The Kier molecular flexibility index (Phi) is 5.82. The summed E-state index contributed by atoms with van der Waals surface area (Å²) in [5.74, 6) is 1.22. The second kappa shape index (κ2) is 8.00. The minimum atomic E-state index is -0.490. The van der Waals surface area contributed by atoms with Crippen LogP contribution in [0, 0.1) is 0 Å². The standard InChI is InChI=1S/C21H32N6O2/c1-20(2,3)27-18(24-16-9-10-22-23-13-16)12-17(26-27)14-7-8-15(11-14)25-19(28)29-21(4,5)6/h9-10,12-15H,7-8,11H2,1-6H3,(H,22,24)(H,25,28). The maximum absolute atomic E-state index is 12.1. The van der Waals surface area contributed by atoms with Crippen LogP contribution in [0.25, 0.3) is 0 Å². The molecule has 2 unspecified atom stereocenters. The van der Waals surface area contributed by atoms with Crippen LogP contribution < -0.4 is 10.6 Å². The summed E-state index contributed by atoms with van der Waals surface area (Å²) in [5.41, 5.74) is 1.25. The van der Waals surface area contributed by atoms with Gasteiger partial charge in [-0.1, -0.05) is 0 Å². The lowest BCUT2D eigenvalue weighted by molar-refractivity contribution is 0.0505. The van der Waals surface area contributed by atoms with Crippen LogP contribution in [0.1, 0.15) is 72.4 Å². The van der Waals surface area contributed by atoms with E-state index >= 15 is 0 Å². The molecule has 29 heavy (non-hydrogen) atoms. The average molecular weight is 401 g/mol. The zero-order chi connectivity index (χ0) is 21.2. The van der Waals surface area contributed by atoms with E-state index < -0.39 is 5.60 Å². The van der Waals surface area contributed by atoms with E-state index in [4.69, 9.17) is 9.84 Å². The first-order valence-electron chi connectivity index (χ1n) is 10.1. The largest absolute Gasteiger partial charge is 0.444 e. The van der Waals surface area contributed by atoms with Crippen LogP contribution in [-0.2, 0) is 10.3 Å². The SMILES string of the molecule is CC(C)(C)OC(=O)NC1CCC(c2cc(Nc3ccnnc3)n(C(C)(C)C)n2)C1. The molecule has 0 aliphatic heterocycles. The molecule has 2 N–H and O–H groups in total. The highest BCUT2D eigenvalue weighted by atomic mass is 16.6. The highest BCUT2D eigenvalue weighted by Gasteiger charge is 2.31. The van der Waals surface area contributed by atoms with Crippen molar-refractivity contribution in [2.45, 2.75) is 83.9 Å². The molecular formula is C21H32N6O2. The van der Waals surface area contributed by atoms with Gasteiger partial charge in [0.05, 0.1) is 29.3 Å². The van der Waals surface area contributed by atoms with Gasteiger partial charge in [0.25, 0.3) is 0 Å². The Hall–Kier alpha value is -2.64. The van der Waals surface area contributed by atoms with Crippen molar-refractivity contribution >= 4 is 17.6 Å². The Bertz CT molecular complexity index is 835. The number of nitrogens with one attached hydrogen (secondary N) is 2. The van der Waals surface area contributed by atoms with Gasteiger partial charge in [0, 0.05) is 18.0 Å². The van der Waals surface area contributed by atoms with Crippen molar-refractivity contribution in [3.63, 3.8) is 0 Å². The molecule has 158 valence electrons. The topological polar surface area (TPSA) is 94.0 Å². The number of hydrogen-bond donors (Lipinski definition) is 2. The minimum Gasteiger partial charge on any atom is -0.444 e. The van der Waals surface area contributed by atoms with E-state index in [1.165, 1.54) is 0 Å². The number of carbonyl (C=O) groups is 1. The van der Waals surface area contributed by atoms with Crippen molar-refractivity contribution < 1.29 is 9.53 Å². The van der Waals surface area contributed by atoms with Crippen LogP contribution in [-0.4, -0.2) is 37.7 Å². The molecule has 2 aromatic rings.